The molecule has 0 aliphatic rings. The summed E-state index contributed by atoms with van der Waals surface area (Å²) in [5.41, 5.74) is -3.93. The molecule has 25 heavy (non-hydrogen) atoms. The highest BCUT2D eigenvalue weighted by Crippen LogP contribution is 2.62. The third-order valence-electron chi connectivity index (χ3n) is 2.80. The van der Waals surface area contributed by atoms with E-state index in [4.69, 9.17) is 20.9 Å². The smallest absolute Gasteiger partial charge is 0.247 e. The number of rotatable bonds is 9. The minimum atomic E-state index is -3.00. The first-order valence-electron chi connectivity index (χ1n) is 7.52. The Kier molecular flexibility index (Phi) is 8.81. The van der Waals surface area contributed by atoms with E-state index in [0.717, 1.165) is 11.4 Å². The topological polar surface area (TPSA) is 18.5 Å². The Hall–Kier alpha value is -0.210. The SMILES string of the molecule is CC(C)COP(=S)(OCC(C)C)SCc1c(F)c(F)c(F)c(F)c1F. The largest absolute Gasteiger partial charge is 0.321 e. The van der Waals surface area contributed by atoms with Crippen molar-refractivity contribution in [3.8, 4) is 0 Å². The van der Waals surface area contributed by atoms with Gasteiger partial charge in [0.05, 0.1) is 13.2 Å². The molecule has 10 heteroatoms. The average Bonchev–Trinajstić information content (AvgIpc) is 2.55. The minimum Gasteiger partial charge on any atom is -0.321 e. The average molecular weight is 422 g/mol. The lowest BCUT2D eigenvalue weighted by molar-refractivity contribution is 0.218. The van der Waals surface area contributed by atoms with Gasteiger partial charge in [0.1, 0.15) is 0 Å². The Bertz CT molecular complexity index is 610. The van der Waals surface area contributed by atoms with E-state index in [1.54, 1.807) is 0 Å². The van der Waals surface area contributed by atoms with Gasteiger partial charge in [-0.15, -0.1) is 0 Å². The summed E-state index contributed by atoms with van der Waals surface area (Å²) >= 11 is 6.10. The Labute approximate surface area is 153 Å². The number of benzene rings is 1. The lowest BCUT2D eigenvalue weighted by Crippen LogP contribution is -2.08. The first-order valence-corrected chi connectivity index (χ1v) is 11.7. The highest BCUT2D eigenvalue weighted by Gasteiger charge is 2.28. The van der Waals surface area contributed by atoms with E-state index in [0.29, 0.717) is 0 Å². The van der Waals surface area contributed by atoms with Crippen LogP contribution in [0.3, 0.4) is 0 Å². The van der Waals surface area contributed by atoms with Gasteiger partial charge in [0.25, 0.3) is 0 Å². The summed E-state index contributed by atoms with van der Waals surface area (Å²) in [6.07, 6.45) is 0. The van der Waals surface area contributed by atoms with Gasteiger partial charge in [0.15, 0.2) is 23.3 Å². The molecule has 0 amide bonds. The molecule has 0 fully saturated rings. The van der Waals surface area contributed by atoms with E-state index in [2.05, 4.69) is 0 Å². The predicted octanol–water partition coefficient (Wildman–Crippen LogP) is 6.19. The molecule has 0 N–H and O–H groups in total. The molecule has 2 nitrogen and oxygen atoms in total. The first-order chi connectivity index (χ1) is 11.5. The molecular formula is C15H20F5O2PS2. The van der Waals surface area contributed by atoms with Gasteiger partial charge in [-0.3, -0.25) is 0 Å². The second kappa shape index (κ2) is 9.65. The first kappa shape index (κ1) is 22.8. The third-order valence-corrected chi connectivity index (χ3v) is 8.01. The van der Waals surface area contributed by atoms with Crippen LogP contribution in [0.15, 0.2) is 0 Å². The lowest BCUT2D eigenvalue weighted by atomic mass is 10.2. The normalized spacial score (nSPS) is 12.4. The van der Waals surface area contributed by atoms with Crippen molar-refractivity contribution in [3.63, 3.8) is 0 Å². The Morgan fingerprint density at radius 3 is 1.52 bits per heavy atom. The maximum atomic E-state index is 13.8. The Morgan fingerprint density at radius 2 is 1.16 bits per heavy atom. The second-order valence-corrected chi connectivity index (χ2v) is 12.5. The lowest BCUT2D eigenvalue weighted by Gasteiger charge is -2.23. The molecule has 0 aliphatic heterocycles. The van der Waals surface area contributed by atoms with Gasteiger partial charge in [-0.1, -0.05) is 39.1 Å². The van der Waals surface area contributed by atoms with Crippen molar-refractivity contribution in [2.45, 2.75) is 33.4 Å². The molecule has 0 atom stereocenters. The van der Waals surface area contributed by atoms with Crippen LogP contribution in [0, 0.1) is 40.9 Å². The highest BCUT2D eigenvalue weighted by atomic mass is 32.9. The van der Waals surface area contributed by atoms with E-state index >= 15 is 0 Å². The maximum Gasteiger partial charge on any atom is 0.247 e. The molecule has 144 valence electrons. The van der Waals surface area contributed by atoms with E-state index in [1.807, 2.05) is 27.7 Å². The summed E-state index contributed by atoms with van der Waals surface area (Å²) < 4.78 is 78.4. The van der Waals surface area contributed by atoms with Crippen LogP contribution in [0.5, 0.6) is 0 Å². The Balaban J connectivity index is 3.01. The fourth-order valence-corrected chi connectivity index (χ4v) is 5.75. The molecule has 1 aromatic carbocycles. The van der Waals surface area contributed by atoms with Crippen molar-refractivity contribution in [1.82, 2.24) is 0 Å². The maximum absolute atomic E-state index is 13.8. The minimum absolute atomic E-state index is 0.139. The number of hydrogen-bond acceptors (Lipinski definition) is 4. The fourth-order valence-electron chi connectivity index (χ4n) is 1.51. The van der Waals surface area contributed by atoms with Crippen LogP contribution >= 0.6 is 17.1 Å². The zero-order valence-electron chi connectivity index (χ0n) is 14.2. The molecule has 0 aliphatic carbocycles. The van der Waals surface area contributed by atoms with Gasteiger partial charge in [0.2, 0.25) is 11.5 Å². The van der Waals surface area contributed by atoms with Gasteiger partial charge < -0.3 is 9.05 Å². The van der Waals surface area contributed by atoms with E-state index < -0.39 is 46.1 Å². The monoisotopic (exact) mass is 422 g/mol. The summed E-state index contributed by atoms with van der Waals surface area (Å²) in [6, 6.07) is 0. The zero-order chi connectivity index (χ0) is 19.4. The van der Waals surface area contributed by atoms with Crippen LogP contribution in [0.4, 0.5) is 22.0 Å². The third kappa shape index (κ3) is 6.47. The molecule has 0 saturated heterocycles. The van der Waals surface area contributed by atoms with Crippen molar-refractivity contribution < 1.29 is 31.0 Å². The van der Waals surface area contributed by atoms with E-state index in [9.17, 15) is 22.0 Å². The van der Waals surface area contributed by atoms with Crippen LogP contribution < -0.4 is 0 Å². The molecule has 0 saturated carbocycles. The van der Waals surface area contributed by atoms with Gasteiger partial charge in [-0.2, -0.15) is 0 Å². The standard InChI is InChI=1S/C15H20F5O2PS2/c1-8(2)5-21-23(24,22-6-9(3)4)25-7-10-11(16)13(18)15(20)14(19)12(10)17/h8-9H,5-7H2,1-4H3. The number of halogens is 5. The molecule has 0 aromatic heterocycles. The van der Waals surface area contributed by atoms with E-state index in [1.165, 1.54) is 0 Å². The van der Waals surface area contributed by atoms with Gasteiger partial charge in [-0.05, 0) is 23.6 Å². The fraction of sp³-hybridized carbons (Fsp3) is 0.600. The van der Waals surface area contributed by atoms with Crippen molar-refractivity contribution in [2.75, 3.05) is 13.2 Å². The summed E-state index contributed by atoms with van der Waals surface area (Å²) in [7, 11) is 0. The van der Waals surface area contributed by atoms with Crippen molar-refractivity contribution >= 4 is 28.9 Å². The molecule has 1 rings (SSSR count). The van der Waals surface area contributed by atoms with E-state index in [-0.39, 0.29) is 25.0 Å². The summed E-state index contributed by atoms with van der Waals surface area (Å²) in [5, 5.41) is 0. The molecule has 0 bridgehead atoms. The van der Waals surface area contributed by atoms with Crippen LogP contribution in [-0.4, -0.2) is 13.2 Å². The highest BCUT2D eigenvalue weighted by molar-refractivity contribution is 8.67. The van der Waals surface area contributed by atoms with Crippen LogP contribution in [0.1, 0.15) is 33.3 Å². The molecule has 0 unspecified atom stereocenters. The summed E-state index contributed by atoms with van der Waals surface area (Å²) in [6.45, 7) is 8.07. The van der Waals surface area contributed by atoms with Crippen LogP contribution in [0.25, 0.3) is 0 Å². The molecular weight excluding hydrogens is 402 g/mol. The van der Waals surface area contributed by atoms with Gasteiger partial charge >= 0.3 is 0 Å². The van der Waals surface area contributed by atoms with Crippen molar-refractivity contribution in [3.05, 3.63) is 34.6 Å². The predicted molar refractivity (Wildman–Crippen MR) is 93.4 cm³/mol. The van der Waals surface area contributed by atoms with Gasteiger partial charge in [-0.25, -0.2) is 22.0 Å². The van der Waals surface area contributed by atoms with Gasteiger partial charge in [0, 0.05) is 11.3 Å². The molecule has 0 heterocycles. The van der Waals surface area contributed by atoms with Crippen molar-refractivity contribution in [1.29, 1.82) is 0 Å². The van der Waals surface area contributed by atoms with Crippen LogP contribution in [0.2, 0.25) is 0 Å². The second-order valence-electron chi connectivity index (χ2n) is 6.15. The molecule has 0 spiro atoms. The Morgan fingerprint density at radius 1 is 0.800 bits per heavy atom. The molecule has 1 aromatic rings. The van der Waals surface area contributed by atoms with Crippen LogP contribution in [-0.2, 0) is 26.6 Å². The number of hydrogen-bond donors (Lipinski definition) is 0. The zero-order valence-corrected chi connectivity index (χ0v) is 16.8. The molecule has 0 radical (unpaired) electrons. The summed E-state index contributed by atoms with van der Waals surface area (Å²) in [4.78, 5) is 0. The van der Waals surface area contributed by atoms with Crippen molar-refractivity contribution in [2.24, 2.45) is 11.8 Å². The quantitative estimate of drug-likeness (QED) is 0.205. The summed E-state index contributed by atoms with van der Waals surface area (Å²) in [5.74, 6) is -10.1.